The van der Waals surface area contributed by atoms with Gasteiger partial charge in [-0.2, -0.15) is 0 Å². The number of morpholine rings is 1. The predicted octanol–water partition coefficient (Wildman–Crippen LogP) is 5.80. The summed E-state index contributed by atoms with van der Waals surface area (Å²) in [5.41, 5.74) is 5.12. The van der Waals surface area contributed by atoms with E-state index in [9.17, 15) is 14.4 Å². The predicted molar refractivity (Wildman–Crippen MR) is 182 cm³/mol. The van der Waals surface area contributed by atoms with Gasteiger partial charge in [-0.25, -0.2) is 0 Å². The zero-order chi connectivity index (χ0) is 32.8. The van der Waals surface area contributed by atoms with Crippen LogP contribution in [0, 0.1) is 26.7 Å². The second-order valence-corrected chi connectivity index (χ2v) is 12.7. The molecule has 2 aromatic carbocycles. The Morgan fingerprint density at radius 1 is 1.09 bits per heavy atom. The van der Waals surface area contributed by atoms with E-state index in [1.807, 2.05) is 58.0 Å². The second kappa shape index (κ2) is 15.3. The third kappa shape index (κ3) is 7.82. The van der Waals surface area contributed by atoms with Crippen molar-refractivity contribution in [2.75, 3.05) is 50.9 Å². The van der Waals surface area contributed by atoms with E-state index in [2.05, 4.69) is 15.2 Å². The third-order valence-electron chi connectivity index (χ3n) is 9.15. The molecular formula is C36H45ClN4O5. The molecule has 0 bridgehead atoms. The van der Waals surface area contributed by atoms with Gasteiger partial charge in [-0.3, -0.25) is 19.3 Å². The summed E-state index contributed by atoms with van der Waals surface area (Å²) in [5, 5.41) is 3.43. The molecule has 1 aliphatic heterocycles. The second-order valence-electron chi connectivity index (χ2n) is 12.3. The first-order chi connectivity index (χ1) is 22.2. The van der Waals surface area contributed by atoms with E-state index in [0.717, 1.165) is 80.9 Å². The maximum absolute atomic E-state index is 13.8. The third-order valence-corrected chi connectivity index (χ3v) is 9.47. The Bertz CT molecular complexity index is 1630. The van der Waals surface area contributed by atoms with Gasteiger partial charge in [0.1, 0.15) is 12.4 Å². The summed E-state index contributed by atoms with van der Waals surface area (Å²) in [5.74, 6) is 0.402. The fraction of sp³-hybridized carbons (Fsp3) is 0.472. The number of hydrogen-bond acceptors (Lipinski definition) is 6. The Morgan fingerprint density at radius 3 is 2.50 bits per heavy atom. The van der Waals surface area contributed by atoms with Crippen molar-refractivity contribution >= 4 is 29.1 Å². The average Bonchev–Trinajstić information content (AvgIpc) is 3.58. The summed E-state index contributed by atoms with van der Waals surface area (Å²) >= 11 is 6.86. The molecule has 1 aliphatic carbocycles. The number of anilines is 1. The van der Waals surface area contributed by atoms with E-state index in [4.69, 9.17) is 21.1 Å². The number of halogens is 1. The summed E-state index contributed by atoms with van der Waals surface area (Å²) in [6.45, 7) is 12.7. The van der Waals surface area contributed by atoms with E-state index in [1.54, 1.807) is 11.0 Å². The molecule has 9 nitrogen and oxygen atoms in total. The van der Waals surface area contributed by atoms with Gasteiger partial charge in [-0.15, -0.1) is 0 Å². The monoisotopic (exact) mass is 648 g/mol. The molecule has 5 rings (SSSR count). The summed E-state index contributed by atoms with van der Waals surface area (Å²) < 4.78 is 11.4. The van der Waals surface area contributed by atoms with Crippen LogP contribution in [-0.2, 0) is 16.1 Å². The Labute approximate surface area is 276 Å². The number of amides is 2. The Balaban J connectivity index is 1.45. The number of H-pyrrole nitrogens is 1. The Kier molecular flexibility index (Phi) is 11.2. The highest BCUT2D eigenvalue weighted by Gasteiger charge is 2.29. The van der Waals surface area contributed by atoms with Gasteiger partial charge in [0.2, 0.25) is 5.91 Å². The standard InChI is InChI=1S/C36H45ClN4O5/c1-5-41(36(44)26-8-6-7-9-26)33-20-27(29-11-10-28(21-32(29)37)46-17-14-40-12-15-45-16-13-40)19-30(25(33)4)34(42)38-22-31-23(2)18-24(3)39-35(31)43/h10-11,18-21,26H,5-9,12-17,22H2,1-4H3,(H,38,42)(H,39,43). The summed E-state index contributed by atoms with van der Waals surface area (Å²) in [6.07, 6.45) is 3.86. The van der Waals surface area contributed by atoms with E-state index in [0.29, 0.717) is 46.3 Å². The number of hydrogen-bond donors (Lipinski definition) is 2. The zero-order valence-corrected chi connectivity index (χ0v) is 28.1. The molecule has 1 saturated carbocycles. The van der Waals surface area contributed by atoms with Crippen LogP contribution in [-0.4, -0.2) is 67.7 Å². The number of carbonyl (C=O) groups excluding carboxylic acids is 2. The van der Waals surface area contributed by atoms with Gasteiger partial charge in [-0.1, -0.05) is 24.4 Å². The lowest BCUT2D eigenvalue weighted by atomic mass is 9.95. The lowest BCUT2D eigenvalue weighted by molar-refractivity contribution is -0.122. The zero-order valence-electron chi connectivity index (χ0n) is 27.3. The number of pyridine rings is 1. The molecule has 0 spiro atoms. The van der Waals surface area contributed by atoms with E-state index >= 15 is 0 Å². The summed E-state index contributed by atoms with van der Waals surface area (Å²) in [6, 6.07) is 11.2. The van der Waals surface area contributed by atoms with Gasteiger partial charge >= 0.3 is 0 Å². The largest absolute Gasteiger partial charge is 0.492 e. The Hall–Kier alpha value is -3.66. The minimum atomic E-state index is -0.330. The van der Waals surface area contributed by atoms with E-state index < -0.39 is 0 Å². The molecule has 0 radical (unpaired) electrons. The van der Waals surface area contributed by atoms with Crippen molar-refractivity contribution in [1.29, 1.82) is 0 Å². The van der Waals surface area contributed by atoms with Gasteiger partial charge in [0.25, 0.3) is 11.5 Å². The molecule has 2 fully saturated rings. The van der Waals surface area contributed by atoms with Gasteiger partial charge in [0.15, 0.2) is 0 Å². The van der Waals surface area contributed by atoms with Crippen molar-refractivity contribution in [1.82, 2.24) is 15.2 Å². The molecule has 2 amide bonds. The molecule has 0 unspecified atom stereocenters. The van der Waals surface area contributed by atoms with Crippen molar-refractivity contribution < 1.29 is 19.1 Å². The van der Waals surface area contributed by atoms with Gasteiger partial charge in [-0.05, 0) is 93.6 Å². The van der Waals surface area contributed by atoms with Crippen molar-refractivity contribution in [3.05, 3.63) is 79.7 Å². The van der Waals surface area contributed by atoms with Gasteiger partial charge in [0, 0.05) is 66.7 Å². The van der Waals surface area contributed by atoms with Gasteiger partial charge in [0.05, 0.1) is 18.2 Å². The molecule has 0 atom stereocenters. The first-order valence-corrected chi connectivity index (χ1v) is 16.7. The number of nitrogens with one attached hydrogen (secondary N) is 2. The maximum atomic E-state index is 13.8. The highest BCUT2D eigenvalue weighted by Crippen LogP contribution is 2.37. The number of benzene rings is 2. The molecule has 246 valence electrons. The maximum Gasteiger partial charge on any atom is 0.253 e. The number of aryl methyl sites for hydroxylation is 2. The highest BCUT2D eigenvalue weighted by atomic mass is 35.5. The molecule has 1 aromatic heterocycles. The minimum Gasteiger partial charge on any atom is -0.492 e. The molecule has 2 heterocycles. The molecule has 10 heteroatoms. The van der Waals surface area contributed by atoms with Crippen LogP contribution in [0.3, 0.4) is 0 Å². The van der Waals surface area contributed by atoms with Crippen LogP contribution in [0.25, 0.3) is 11.1 Å². The van der Waals surface area contributed by atoms with Crippen molar-refractivity contribution in [2.24, 2.45) is 5.92 Å². The first-order valence-electron chi connectivity index (χ1n) is 16.3. The van der Waals surface area contributed by atoms with Crippen LogP contribution in [0.5, 0.6) is 5.75 Å². The topological polar surface area (TPSA) is 104 Å². The number of rotatable bonds is 11. The quantitative estimate of drug-likeness (QED) is 0.272. The number of carbonyl (C=O) groups is 2. The lowest BCUT2D eigenvalue weighted by Crippen LogP contribution is -2.38. The summed E-state index contributed by atoms with van der Waals surface area (Å²) in [4.78, 5) is 47.1. The molecule has 2 aliphatic rings. The first kappa shape index (κ1) is 33.7. The molecule has 3 aromatic rings. The van der Waals surface area contributed by atoms with Crippen LogP contribution in [0.15, 0.2) is 41.2 Å². The molecule has 1 saturated heterocycles. The van der Waals surface area contributed by atoms with Gasteiger partial charge < -0.3 is 24.7 Å². The van der Waals surface area contributed by atoms with E-state index in [1.165, 1.54) is 0 Å². The fourth-order valence-corrected chi connectivity index (χ4v) is 6.79. The smallest absolute Gasteiger partial charge is 0.253 e. The van der Waals surface area contributed by atoms with E-state index in [-0.39, 0.29) is 29.8 Å². The minimum absolute atomic E-state index is 0.0194. The Morgan fingerprint density at radius 2 is 1.83 bits per heavy atom. The number of ether oxygens (including phenoxy) is 2. The van der Waals surface area contributed by atoms with Crippen molar-refractivity contribution in [3.8, 4) is 16.9 Å². The molecular weight excluding hydrogens is 604 g/mol. The van der Waals surface area contributed by atoms with Crippen LogP contribution in [0.1, 0.15) is 65.3 Å². The van der Waals surface area contributed by atoms with Crippen LogP contribution in [0.2, 0.25) is 5.02 Å². The summed E-state index contributed by atoms with van der Waals surface area (Å²) in [7, 11) is 0. The highest BCUT2D eigenvalue weighted by molar-refractivity contribution is 6.33. The van der Waals surface area contributed by atoms with Crippen LogP contribution < -0.4 is 20.5 Å². The number of aromatic amines is 1. The number of nitrogens with zero attached hydrogens (tertiary/aromatic N) is 2. The van der Waals surface area contributed by atoms with Crippen molar-refractivity contribution in [3.63, 3.8) is 0 Å². The normalized spacial score (nSPS) is 15.6. The average molecular weight is 649 g/mol. The van der Waals surface area contributed by atoms with Crippen molar-refractivity contribution in [2.45, 2.75) is 59.9 Å². The lowest BCUT2D eigenvalue weighted by Gasteiger charge is -2.28. The van der Waals surface area contributed by atoms with Crippen LogP contribution >= 0.6 is 11.6 Å². The fourth-order valence-electron chi connectivity index (χ4n) is 6.51. The number of aromatic nitrogens is 1. The SMILES string of the molecule is CCN(C(=O)C1CCCC1)c1cc(-c2ccc(OCCN3CCOCC3)cc2Cl)cc(C(=O)NCc2c(C)cc(C)[nH]c2=O)c1C. The molecule has 2 N–H and O–H groups in total. The van der Waals surface area contributed by atoms with Crippen LogP contribution in [0.4, 0.5) is 5.69 Å². The molecule has 46 heavy (non-hydrogen) atoms.